The molecule has 0 bridgehead atoms. The number of hydrogen-bond donors (Lipinski definition) is 2. The normalized spacial score (nSPS) is 16.9. The van der Waals surface area contributed by atoms with Gasteiger partial charge in [-0.25, -0.2) is 18.4 Å². The minimum absolute atomic E-state index is 0.0345. The lowest BCUT2D eigenvalue weighted by atomic mass is 9.93. The van der Waals surface area contributed by atoms with Gasteiger partial charge < -0.3 is 24.2 Å². The second-order valence-electron chi connectivity index (χ2n) is 11.6. The van der Waals surface area contributed by atoms with Crippen molar-refractivity contribution in [2.45, 2.75) is 45.4 Å². The van der Waals surface area contributed by atoms with Crippen LogP contribution < -0.4 is 5.32 Å². The third-order valence-electron chi connectivity index (χ3n) is 7.73. The number of carbonyl (C=O) groups is 3. The number of rotatable bonds is 2. The van der Waals surface area contributed by atoms with Crippen molar-refractivity contribution >= 4 is 55.4 Å². The number of nitriles is 1. The molecule has 0 saturated carbocycles. The van der Waals surface area contributed by atoms with Crippen molar-refractivity contribution in [1.82, 2.24) is 14.4 Å². The highest BCUT2D eigenvalue weighted by Gasteiger charge is 2.36. The van der Waals surface area contributed by atoms with Gasteiger partial charge in [0.2, 0.25) is 0 Å². The highest BCUT2D eigenvalue weighted by Crippen LogP contribution is 2.45. The van der Waals surface area contributed by atoms with E-state index in [1.54, 1.807) is 37.9 Å². The Bertz CT molecular complexity index is 1890. The number of aryl methyl sites for hydroxylation is 1. The molecule has 0 radical (unpaired) electrons. The summed E-state index contributed by atoms with van der Waals surface area (Å²) in [7, 11) is 0. The molecule has 0 aliphatic carbocycles. The average Bonchev–Trinajstić information content (AvgIpc) is 3.51. The summed E-state index contributed by atoms with van der Waals surface area (Å²) < 4.78 is 38.6. The Morgan fingerprint density at radius 2 is 1.91 bits per heavy atom. The molecule has 1 atom stereocenters. The Balaban J connectivity index is 1.50. The molecule has 222 valence electrons. The number of carboxylic acid groups (broad SMARTS) is 1. The lowest BCUT2D eigenvalue weighted by Crippen LogP contribution is -2.57. The molecule has 1 saturated heterocycles. The van der Waals surface area contributed by atoms with Gasteiger partial charge in [-0.15, -0.1) is 11.3 Å². The van der Waals surface area contributed by atoms with Gasteiger partial charge in [-0.05, 0) is 51.0 Å². The van der Waals surface area contributed by atoms with E-state index in [1.165, 1.54) is 17.0 Å². The lowest BCUT2D eigenvalue weighted by molar-refractivity contribution is 0.0420. The Morgan fingerprint density at radius 3 is 2.60 bits per heavy atom. The molecule has 2 aliphatic rings. The second-order valence-corrected chi connectivity index (χ2v) is 12.6. The lowest BCUT2D eigenvalue weighted by Gasteiger charge is -2.41. The Labute approximate surface area is 248 Å². The Morgan fingerprint density at radius 1 is 1.14 bits per heavy atom. The van der Waals surface area contributed by atoms with Gasteiger partial charge in [0.25, 0.3) is 5.91 Å². The summed E-state index contributed by atoms with van der Waals surface area (Å²) in [6.45, 7) is 6.02. The van der Waals surface area contributed by atoms with Gasteiger partial charge in [0.1, 0.15) is 28.3 Å². The summed E-state index contributed by atoms with van der Waals surface area (Å²) in [4.78, 5) is 40.7. The monoisotopic (exact) mass is 607 g/mol. The smallest absolute Gasteiger partial charge is 0.412 e. The number of nitrogens with one attached hydrogen (secondary N) is 1. The van der Waals surface area contributed by atoms with Crippen molar-refractivity contribution in [3.8, 4) is 17.2 Å². The van der Waals surface area contributed by atoms with Crippen LogP contribution in [-0.2, 0) is 11.3 Å². The molecule has 2 N–H and O–H groups in total. The zero-order valence-electron chi connectivity index (χ0n) is 23.5. The van der Waals surface area contributed by atoms with Crippen LogP contribution in [-0.4, -0.2) is 68.8 Å². The first-order valence-corrected chi connectivity index (χ1v) is 14.4. The molecule has 2 aromatic heterocycles. The van der Waals surface area contributed by atoms with Crippen molar-refractivity contribution in [1.29, 1.82) is 5.26 Å². The maximum atomic E-state index is 16.2. The summed E-state index contributed by atoms with van der Waals surface area (Å²) in [5.74, 6) is -1.77. The third kappa shape index (κ3) is 4.81. The van der Waals surface area contributed by atoms with Gasteiger partial charge >= 0.3 is 12.2 Å². The molecule has 6 rings (SSSR count). The summed E-state index contributed by atoms with van der Waals surface area (Å²) in [5, 5.41) is 22.7. The predicted molar refractivity (Wildman–Crippen MR) is 156 cm³/mol. The summed E-state index contributed by atoms with van der Waals surface area (Å²) >= 11 is 0.851. The summed E-state index contributed by atoms with van der Waals surface area (Å²) in [6.07, 6.45) is 0.374. The van der Waals surface area contributed by atoms with Gasteiger partial charge in [-0.2, -0.15) is 5.26 Å². The van der Waals surface area contributed by atoms with E-state index < -0.39 is 35.3 Å². The highest BCUT2D eigenvalue weighted by molar-refractivity contribution is 7.23. The van der Waals surface area contributed by atoms with E-state index in [0.717, 1.165) is 17.4 Å². The molecule has 4 aromatic rings. The minimum atomic E-state index is -1.05. The van der Waals surface area contributed by atoms with Crippen LogP contribution in [0.1, 0.15) is 43.1 Å². The fourth-order valence-electron chi connectivity index (χ4n) is 5.95. The predicted octanol–water partition coefficient (Wildman–Crippen LogP) is 6.23. The van der Waals surface area contributed by atoms with Gasteiger partial charge in [0, 0.05) is 48.7 Å². The molecule has 0 unspecified atom stereocenters. The second kappa shape index (κ2) is 10.2. The van der Waals surface area contributed by atoms with Crippen molar-refractivity contribution < 1.29 is 33.0 Å². The molecule has 0 spiro atoms. The molecule has 13 heteroatoms. The van der Waals surface area contributed by atoms with E-state index in [9.17, 15) is 24.8 Å². The van der Waals surface area contributed by atoms with Crippen LogP contribution in [0.4, 0.5) is 23.4 Å². The van der Waals surface area contributed by atoms with E-state index in [1.807, 2.05) is 10.6 Å². The van der Waals surface area contributed by atoms with E-state index >= 15 is 8.78 Å². The number of halogens is 2. The molecule has 10 nitrogen and oxygen atoms in total. The topological polar surface area (TPSA) is 128 Å². The van der Waals surface area contributed by atoms with Crippen LogP contribution in [0.15, 0.2) is 30.5 Å². The van der Waals surface area contributed by atoms with Gasteiger partial charge in [0.15, 0.2) is 0 Å². The number of benzene rings is 2. The fourth-order valence-corrected chi connectivity index (χ4v) is 7.02. The van der Waals surface area contributed by atoms with E-state index in [-0.39, 0.29) is 63.0 Å². The van der Waals surface area contributed by atoms with Crippen molar-refractivity contribution in [3.63, 3.8) is 0 Å². The number of carbonyl (C=O) groups excluding carboxylic acids is 2. The number of anilines is 1. The quantitative estimate of drug-likeness (QED) is 0.278. The number of fused-ring (bicyclic) bond motifs is 2. The van der Waals surface area contributed by atoms with Crippen LogP contribution in [0.3, 0.4) is 0 Å². The fraction of sp³-hybridized carbons (Fsp3) is 0.333. The zero-order valence-corrected chi connectivity index (χ0v) is 24.3. The number of hydrogen-bond acceptors (Lipinski definition) is 6. The average molecular weight is 608 g/mol. The summed E-state index contributed by atoms with van der Waals surface area (Å²) in [6, 6.07) is 7.11. The molecule has 3 amide bonds. The Kier molecular flexibility index (Phi) is 6.76. The maximum absolute atomic E-state index is 16.2. The first-order chi connectivity index (χ1) is 20.4. The van der Waals surface area contributed by atoms with Crippen molar-refractivity contribution in [3.05, 3.63) is 53.2 Å². The number of amides is 3. The van der Waals surface area contributed by atoms with Crippen LogP contribution in [0.2, 0.25) is 0 Å². The Hall–Kier alpha value is -4.70. The standard InChI is InChI=1S/C30H27F2N5O5S/c1-30(2,3)42-28(39)34-26-19(13-33)23-16(4-5-20(31)25(23)43-26)22-17-7-9-35-8-6-15-14-36(29(40)41)10-11-37(15)27(38)18(24(17)35)12-21(22)32/h4-5,7,9,12,15H,6,8,10-11,14H2,1-3H3,(H,34,39)(H,40,41)/t15-/m0/s1. The molecule has 1 fully saturated rings. The number of thiophene rings is 1. The molecule has 43 heavy (non-hydrogen) atoms. The first kappa shape index (κ1) is 28.4. The molecular weight excluding hydrogens is 580 g/mol. The van der Waals surface area contributed by atoms with E-state index in [4.69, 9.17) is 4.74 Å². The number of piperazine rings is 1. The van der Waals surface area contributed by atoms with Crippen LogP contribution in [0.5, 0.6) is 0 Å². The van der Waals surface area contributed by atoms with Gasteiger partial charge in [0.05, 0.1) is 27.4 Å². The largest absolute Gasteiger partial charge is 0.465 e. The third-order valence-corrected chi connectivity index (χ3v) is 8.85. The van der Waals surface area contributed by atoms with Crippen molar-refractivity contribution in [2.24, 2.45) is 0 Å². The van der Waals surface area contributed by atoms with Crippen LogP contribution >= 0.6 is 11.3 Å². The van der Waals surface area contributed by atoms with Gasteiger partial charge in [-0.3, -0.25) is 10.1 Å². The zero-order chi connectivity index (χ0) is 30.8. The SMILES string of the molecule is CC(C)(C)OC(=O)Nc1sc2c(F)ccc(-c3c(F)cc4c5c3ccn5CC[C@H]3CN(C(=O)O)CCN3C4=O)c2c1C#N. The number of nitrogens with zero attached hydrogens (tertiary/aromatic N) is 4. The molecule has 4 heterocycles. The number of ether oxygens (including phenoxy) is 1. The summed E-state index contributed by atoms with van der Waals surface area (Å²) in [5.41, 5.74) is 0.141. The minimum Gasteiger partial charge on any atom is -0.465 e. The van der Waals surface area contributed by atoms with Crippen LogP contribution in [0, 0.1) is 23.0 Å². The van der Waals surface area contributed by atoms with E-state index in [0.29, 0.717) is 23.9 Å². The maximum Gasteiger partial charge on any atom is 0.412 e. The highest BCUT2D eigenvalue weighted by atomic mass is 32.1. The van der Waals surface area contributed by atoms with E-state index in [2.05, 4.69) is 5.32 Å². The molecular formula is C30H27F2N5O5S. The number of aromatic nitrogens is 1. The van der Waals surface area contributed by atoms with Crippen LogP contribution in [0.25, 0.3) is 32.1 Å². The van der Waals surface area contributed by atoms with Crippen molar-refractivity contribution in [2.75, 3.05) is 25.0 Å². The molecule has 2 aliphatic heterocycles. The van der Waals surface area contributed by atoms with Gasteiger partial charge in [-0.1, -0.05) is 6.07 Å². The first-order valence-electron chi connectivity index (χ1n) is 13.6. The molecule has 2 aromatic carbocycles.